The summed E-state index contributed by atoms with van der Waals surface area (Å²) in [4.78, 5) is 0. The molecule has 1 aromatic heterocycles. The molecule has 5 rings (SSSR count). The van der Waals surface area contributed by atoms with Crippen LogP contribution in [0.25, 0.3) is 27.2 Å². The average Bonchev–Trinajstić information content (AvgIpc) is 3.33. The second-order valence-corrected chi connectivity index (χ2v) is 6.53. The van der Waals surface area contributed by atoms with Gasteiger partial charge in [-0.1, -0.05) is 37.3 Å². The van der Waals surface area contributed by atoms with E-state index in [1.54, 1.807) is 0 Å². The van der Waals surface area contributed by atoms with Gasteiger partial charge in [-0.3, -0.25) is 6.08 Å². The molecule has 1 nitrogen and oxygen atoms in total. The Labute approximate surface area is 194 Å². The summed E-state index contributed by atoms with van der Waals surface area (Å²) in [6, 6.07) is 21.4. The summed E-state index contributed by atoms with van der Waals surface area (Å²) >= 11 is 0. The molecule has 0 spiro atoms. The van der Waals surface area contributed by atoms with Gasteiger partial charge in [-0.25, -0.2) is 11.1 Å². The van der Waals surface area contributed by atoms with Crippen molar-refractivity contribution in [2.24, 2.45) is 0 Å². The number of hydrogen-bond acceptors (Lipinski definition) is 0. The fourth-order valence-corrected chi connectivity index (χ4v) is 3.16. The summed E-state index contributed by atoms with van der Waals surface area (Å²) in [7, 11) is 0. The number of hydrogen-bond donors (Lipinski definition) is 0. The van der Waals surface area contributed by atoms with Crippen molar-refractivity contribution in [1.29, 1.82) is 0 Å². The number of benzene rings is 2. The van der Waals surface area contributed by atoms with Crippen LogP contribution in [0.4, 0.5) is 0 Å². The van der Waals surface area contributed by atoms with Gasteiger partial charge in [-0.15, -0.1) is 54.4 Å². The van der Waals surface area contributed by atoms with Crippen LogP contribution in [-0.2, 0) is 21.7 Å². The Kier molecular flexibility index (Phi) is 9.40. The molecule has 0 saturated carbocycles. The van der Waals surface area contributed by atoms with Crippen LogP contribution in [-0.4, -0.2) is 4.57 Å². The van der Waals surface area contributed by atoms with E-state index in [4.69, 9.17) is 0 Å². The van der Waals surface area contributed by atoms with Crippen molar-refractivity contribution in [3.05, 3.63) is 96.4 Å². The molecule has 0 saturated heterocycles. The number of aromatic nitrogens is 1. The van der Waals surface area contributed by atoms with Crippen molar-refractivity contribution in [2.75, 3.05) is 0 Å². The summed E-state index contributed by atoms with van der Waals surface area (Å²) in [6.07, 6.45) is 10.8. The first kappa shape index (κ1) is 24.4. The molecule has 0 unspecified atom stereocenters. The van der Waals surface area contributed by atoms with Gasteiger partial charge in [0.25, 0.3) is 0 Å². The molecule has 1 heterocycles. The Morgan fingerprint density at radius 3 is 1.89 bits per heavy atom. The van der Waals surface area contributed by atoms with E-state index in [-0.39, 0.29) is 46.5 Å². The van der Waals surface area contributed by atoms with Gasteiger partial charge in [0.05, 0.1) is 0 Å². The number of rotatable bonds is 1. The largest absolute Gasteiger partial charge is 4.00 e. The van der Waals surface area contributed by atoms with Crippen molar-refractivity contribution < 1.29 is 46.5 Å². The fourth-order valence-electron chi connectivity index (χ4n) is 3.16. The van der Waals surface area contributed by atoms with Crippen LogP contribution in [0, 0.1) is 6.08 Å². The molecule has 0 fully saturated rings. The van der Waals surface area contributed by atoms with Crippen LogP contribution in [0.2, 0.25) is 0 Å². The minimum absolute atomic E-state index is 0. The van der Waals surface area contributed by atoms with Crippen molar-refractivity contribution in [3.8, 4) is 5.69 Å². The zero-order chi connectivity index (χ0) is 17.2. The monoisotopic (exact) mass is 441 g/mol. The first-order chi connectivity index (χ1) is 12.2. The van der Waals surface area contributed by atoms with E-state index in [1.807, 2.05) is 0 Å². The van der Waals surface area contributed by atoms with E-state index in [9.17, 15) is 0 Å². The van der Waals surface area contributed by atoms with Crippen LogP contribution < -0.4 is 24.8 Å². The average molecular weight is 442 g/mol. The zero-order valence-electron chi connectivity index (χ0n) is 15.9. The minimum Gasteiger partial charge on any atom is -1.00 e. The molecular formula is C24H21Cl2NTi. The zero-order valence-corrected chi connectivity index (χ0v) is 19.0. The Balaban J connectivity index is 0.000000341. The van der Waals surface area contributed by atoms with Crippen LogP contribution in [0.3, 0.4) is 0 Å². The normalized spacial score (nSPS) is 12.1. The van der Waals surface area contributed by atoms with E-state index < -0.39 is 0 Å². The smallest absolute Gasteiger partial charge is 1.00 e. The first-order valence-corrected chi connectivity index (χ1v) is 8.68. The molecule has 0 aliphatic heterocycles. The molecule has 0 amide bonds. The standard InChI is InChI=1S/C17H12N.C7H9.2ClH.Ti/c1-2-6-14-10-17(9-13(14)5-1)18-11-15-7-3-4-8-16(15)12-18;1-6-4-3-5-7(6)2;;;/h1-12H;4H,3H2,1-2H3;2*1H;/q2*-1;;;+4/p-2. The van der Waals surface area contributed by atoms with Gasteiger partial charge in [0.1, 0.15) is 0 Å². The third-order valence-corrected chi connectivity index (χ3v) is 4.82. The van der Waals surface area contributed by atoms with Gasteiger partial charge in [-0.2, -0.15) is 6.08 Å². The fraction of sp³-hybridized carbons (Fsp3) is 0.125. The molecule has 0 N–H and O–H groups in total. The van der Waals surface area contributed by atoms with Gasteiger partial charge in [-0.05, 0) is 16.5 Å². The summed E-state index contributed by atoms with van der Waals surface area (Å²) < 4.78 is 2.20. The van der Waals surface area contributed by atoms with Crippen LogP contribution in [0.15, 0.2) is 90.3 Å². The maximum Gasteiger partial charge on any atom is 4.00 e. The van der Waals surface area contributed by atoms with E-state index in [2.05, 4.69) is 104 Å². The number of fused-ring (bicyclic) bond motifs is 2. The van der Waals surface area contributed by atoms with Crippen LogP contribution in [0.5, 0.6) is 0 Å². The van der Waals surface area contributed by atoms with Crippen molar-refractivity contribution >= 4 is 21.5 Å². The third-order valence-electron chi connectivity index (χ3n) is 4.82. The number of halogens is 2. The molecule has 4 aromatic rings. The second kappa shape index (κ2) is 10.8. The summed E-state index contributed by atoms with van der Waals surface area (Å²) in [5, 5.41) is 5.15. The first-order valence-electron chi connectivity index (χ1n) is 8.68. The van der Waals surface area contributed by atoms with Crippen molar-refractivity contribution in [3.63, 3.8) is 0 Å². The van der Waals surface area contributed by atoms with E-state index >= 15 is 0 Å². The molecule has 0 atom stereocenters. The van der Waals surface area contributed by atoms with E-state index in [0.717, 1.165) is 6.42 Å². The van der Waals surface area contributed by atoms with E-state index in [1.165, 1.54) is 38.4 Å². The molecule has 0 radical (unpaired) electrons. The summed E-state index contributed by atoms with van der Waals surface area (Å²) in [5.74, 6) is 0. The molecule has 4 heteroatoms. The Morgan fingerprint density at radius 1 is 0.857 bits per heavy atom. The third kappa shape index (κ3) is 5.24. The number of allylic oxidation sites excluding steroid dienone is 4. The van der Waals surface area contributed by atoms with Crippen molar-refractivity contribution in [1.82, 2.24) is 4.57 Å². The van der Waals surface area contributed by atoms with Gasteiger partial charge < -0.3 is 29.4 Å². The SMILES string of the molecule is CC1=[C-]CC=C1C.[Cl-].[Cl-].[Ti+4].c1ccc2cn(-c3cc4ccccc4[cH-]3)cc2c1. The van der Waals surface area contributed by atoms with Gasteiger partial charge in [0.15, 0.2) is 0 Å². The molecule has 1 aliphatic rings. The Hall–Kier alpha value is -1.64. The topological polar surface area (TPSA) is 4.93 Å². The second-order valence-electron chi connectivity index (χ2n) is 6.53. The molecular weight excluding hydrogens is 421 g/mol. The predicted molar refractivity (Wildman–Crippen MR) is 107 cm³/mol. The quantitative estimate of drug-likeness (QED) is 0.301. The van der Waals surface area contributed by atoms with Crippen molar-refractivity contribution in [2.45, 2.75) is 20.3 Å². The molecule has 0 bridgehead atoms. The van der Waals surface area contributed by atoms with Crippen LogP contribution >= 0.6 is 0 Å². The number of nitrogens with zero attached hydrogens (tertiary/aromatic N) is 1. The Bertz CT molecular complexity index is 948. The Morgan fingerprint density at radius 2 is 1.43 bits per heavy atom. The summed E-state index contributed by atoms with van der Waals surface area (Å²) in [5.41, 5.74) is 3.94. The molecule has 140 valence electrons. The predicted octanol–water partition coefficient (Wildman–Crippen LogP) is 0.594. The van der Waals surface area contributed by atoms with Crippen LogP contribution in [0.1, 0.15) is 20.3 Å². The maximum absolute atomic E-state index is 3.19. The van der Waals surface area contributed by atoms with Gasteiger partial charge in [0, 0.05) is 12.4 Å². The molecule has 28 heavy (non-hydrogen) atoms. The summed E-state index contributed by atoms with van der Waals surface area (Å²) in [6.45, 7) is 4.22. The minimum atomic E-state index is 0. The van der Waals surface area contributed by atoms with E-state index in [0.29, 0.717) is 0 Å². The maximum atomic E-state index is 3.19. The molecule has 1 aliphatic carbocycles. The molecule has 3 aromatic carbocycles. The van der Waals surface area contributed by atoms with Gasteiger partial charge in [0.2, 0.25) is 0 Å². The van der Waals surface area contributed by atoms with Gasteiger partial charge >= 0.3 is 21.7 Å².